The molecule has 2 saturated heterocycles. The van der Waals surface area contributed by atoms with Crippen molar-refractivity contribution in [1.29, 1.82) is 0 Å². The first kappa shape index (κ1) is 25.8. The average molecular weight is 539 g/mol. The molecule has 1 aromatic heterocycles. The van der Waals surface area contributed by atoms with Crippen LogP contribution in [-0.2, 0) is 16.2 Å². The van der Waals surface area contributed by atoms with Crippen molar-refractivity contribution >= 4 is 21.6 Å². The molecule has 0 saturated carbocycles. The number of aromatic nitrogens is 1. The van der Waals surface area contributed by atoms with Crippen molar-refractivity contribution in [2.24, 2.45) is 0 Å². The number of fused-ring (bicyclic) bond motifs is 1. The molecular weight excluding hydrogens is 509 g/mol. The van der Waals surface area contributed by atoms with Crippen molar-refractivity contribution in [3.8, 4) is 5.88 Å². The Morgan fingerprint density at radius 2 is 1.73 bits per heavy atom. The zero-order valence-electron chi connectivity index (χ0n) is 20.3. The van der Waals surface area contributed by atoms with E-state index in [9.17, 15) is 26.4 Å². The smallest absolute Gasteiger partial charge is 0.416 e. The van der Waals surface area contributed by atoms with Gasteiger partial charge in [0.2, 0.25) is 5.88 Å². The molecule has 200 valence electrons. The first-order valence-corrected chi connectivity index (χ1v) is 13.9. The molecule has 0 N–H and O–H groups in total. The number of carbonyl (C=O) groups excluding carboxylic acids is 1. The summed E-state index contributed by atoms with van der Waals surface area (Å²) in [6.45, 7) is 3.48. The fourth-order valence-electron chi connectivity index (χ4n) is 5.27. The molecule has 3 aliphatic heterocycles. The highest BCUT2D eigenvalue weighted by atomic mass is 32.2. The number of carbonyl (C=O) groups is 1. The molecule has 5 rings (SSSR count). The fourth-order valence-corrected chi connectivity index (χ4v) is 6.71. The lowest BCUT2D eigenvalue weighted by Gasteiger charge is -2.38. The van der Waals surface area contributed by atoms with Crippen LogP contribution in [0.3, 0.4) is 0 Å². The monoisotopic (exact) mass is 538 g/mol. The predicted molar refractivity (Wildman–Crippen MR) is 130 cm³/mol. The van der Waals surface area contributed by atoms with Crippen molar-refractivity contribution in [2.75, 3.05) is 43.6 Å². The number of benzene rings is 1. The van der Waals surface area contributed by atoms with Crippen molar-refractivity contribution < 1.29 is 31.1 Å². The van der Waals surface area contributed by atoms with Crippen LogP contribution < -0.4 is 9.04 Å². The summed E-state index contributed by atoms with van der Waals surface area (Å²) < 4.78 is 72.3. The molecular formula is C25H29F3N4O4S. The van der Waals surface area contributed by atoms with E-state index in [2.05, 4.69) is 9.88 Å². The SMILES string of the molecule is O=C(c1cnc2c(c1)N(S(=O)(=O)c1ccc(C(F)(F)F)cc1)CCO2)N1CCCCC1CN1CCCC1. The standard InChI is InChI=1S/C25H29F3N4O4S/c26-25(27,28)19-6-8-21(9-7-19)37(34,35)32-13-14-36-23-22(32)15-18(16-29-23)24(33)31-12-2-1-5-20(31)17-30-10-3-4-11-30/h6-9,15-16,20H,1-5,10-14,17H2. The van der Waals surface area contributed by atoms with Crippen LogP contribution in [0.5, 0.6) is 5.88 Å². The minimum atomic E-state index is -4.58. The minimum Gasteiger partial charge on any atom is -0.474 e. The molecule has 0 radical (unpaired) electrons. The summed E-state index contributed by atoms with van der Waals surface area (Å²) in [5.41, 5.74) is -0.580. The number of nitrogens with zero attached hydrogens (tertiary/aromatic N) is 4. The Morgan fingerprint density at radius 3 is 2.43 bits per heavy atom. The number of alkyl halides is 3. The number of likely N-dealkylation sites (tertiary alicyclic amines) is 2. The Hall–Kier alpha value is -2.86. The number of pyridine rings is 1. The van der Waals surface area contributed by atoms with E-state index in [1.165, 1.54) is 25.1 Å². The van der Waals surface area contributed by atoms with E-state index in [0.29, 0.717) is 6.54 Å². The second-order valence-corrected chi connectivity index (χ2v) is 11.5. The lowest BCUT2D eigenvalue weighted by Crippen LogP contribution is -2.49. The van der Waals surface area contributed by atoms with Gasteiger partial charge < -0.3 is 14.5 Å². The third kappa shape index (κ3) is 5.26. The Balaban J connectivity index is 1.42. The summed E-state index contributed by atoms with van der Waals surface area (Å²) in [6.07, 6.45) is 2.02. The highest BCUT2D eigenvalue weighted by molar-refractivity contribution is 7.92. The molecule has 8 nitrogen and oxygen atoms in total. The van der Waals surface area contributed by atoms with Crippen molar-refractivity contribution in [3.05, 3.63) is 47.7 Å². The van der Waals surface area contributed by atoms with Gasteiger partial charge >= 0.3 is 6.18 Å². The summed E-state index contributed by atoms with van der Waals surface area (Å²) in [7, 11) is -4.22. The van der Waals surface area contributed by atoms with E-state index >= 15 is 0 Å². The third-order valence-corrected chi connectivity index (χ3v) is 9.03. The van der Waals surface area contributed by atoms with Crippen LogP contribution in [0, 0.1) is 0 Å². The van der Waals surface area contributed by atoms with E-state index < -0.39 is 21.8 Å². The number of halogens is 3. The molecule has 1 amide bonds. The van der Waals surface area contributed by atoms with Crippen molar-refractivity contribution in [2.45, 2.75) is 49.2 Å². The molecule has 4 heterocycles. The highest BCUT2D eigenvalue weighted by Crippen LogP contribution is 2.36. The summed E-state index contributed by atoms with van der Waals surface area (Å²) in [5.74, 6) is -0.151. The summed E-state index contributed by atoms with van der Waals surface area (Å²) in [4.78, 5) is 21.8. The van der Waals surface area contributed by atoms with Gasteiger partial charge in [-0.25, -0.2) is 13.4 Å². The number of rotatable bonds is 5. The van der Waals surface area contributed by atoms with Crippen LogP contribution in [-0.4, -0.2) is 74.5 Å². The van der Waals surface area contributed by atoms with Crippen LogP contribution >= 0.6 is 0 Å². The zero-order chi connectivity index (χ0) is 26.2. The largest absolute Gasteiger partial charge is 0.474 e. The number of amides is 1. The van der Waals surface area contributed by atoms with Crippen molar-refractivity contribution in [3.63, 3.8) is 0 Å². The lowest BCUT2D eigenvalue weighted by atomic mass is 10.0. The van der Waals surface area contributed by atoms with Gasteiger partial charge in [-0.1, -0.05) is 0 Å². The number of hydrogen-bond acceptors (Lipinski definition) is 6. The quantitative estimate of drug-likeness (QED) is 0.577. The predicted octanol–water partition coefficient (Wildman–Crippen LogP) is 3.78. The average Bonchev–Trinajstić information content (AvgIpc) is 3.40. The maximum Gasteiger partial charge on any atom is 0.416 e. The van der Waals surface area contributed by atoms with Crippen LogP contribution in [0.25, 0.3) is 0 Å². The maximum absolute atomic E-state index is 13.6. The zero-order valence-corrected chi connectivity index (χ0v) is 21.1. The van der Waals surface area contributed by atoms with Crippen LogP contribution in [0.15, 0.2) is 41.4 Å². The van der Waals surface area contributed by atoms with Gasteiger partial charge in [-0.2, -0.15) is 13.2 Å². The molecule has 2 fully saturated rings. The van der Waals surface area contributed by atoms with E-state index in [1.807, 2.05) is 4.90 Å². The first-order chi connectivity index (χ1) is 17.6. The van der Waals surface area contributed by atoms with Gasteiger partial charge in [-0.15, -0.1) is 0 Å². The molecule has 1 unspecified atom stereocenters. The number of sulfonamides is 1. The van der Waals surface area contributed by atoms with Gasteiger partial charge in [-0.3, -0.25) is 9.10 Å². The van der Waals surface area contributed by atoms with Gasteiger partial charge in [0.05, 0.1) is 22.6 Å². The topological polar surface area (TPSA) is 83.0 Å². The lowest BCUT2D eigenvalue weighted by molar-refractivity contribution is -0.137. The van der Waals surface area contributed by atoms with E-state index in [0.717, 1.165) is 67.5 Å². The summed E-state index contributed by atoms with van der Waals surface area (Å²) in [6, 6.07) is 4.90. The van der Waals surface area contributed by atoms with Crippen molar-refractivity contribution in [1.82, 2.24) is 14.8 Å². The molecule has 0 spiro atoms. The maximum atomic E-state index is 13.6. The Morgan fingerprint density at radius 1 is 1.03 bits per heavy atom. The van der Waals surface area contributed by atoms with Gasteiger partial charge in [0.1, 0.15) is 12.3 Å². The van der Waals surface area contributed by atoms with Crippen LogP contribution in [0.2, 0.25) is 0 Å². The van der Waals surface area contributed by atoms with Gasteiger partial charge in [0, 0.05) is 25.3 Å². The molecule has 12 heteroatoms. The van der Waals surface area contributed by atoms with Gasteiger partial charge in [0.15, 0.2) is 0 Å². The minimum absolute atomic E-state index is 0.0250. The number of anilines is 1. The number of ether oxygens (including phenoxy) is 1. The Labute approximate surface area is 214 Å². The van der Waals surface area contributed by atoms with Gasteiger partial charge in [0.25, 0.3) is 15.9 Å². The fraction of sp³-hybridized carbons (Fsp3) is 0.520. The summed E-state index contributed by atoms with van der Waals surface area (Å²) in [5, 5.41) is 0. The molecule has 0 aliphatic carbocycles. The molecule has 0 bridgehead atoms. The molecule has 3 aliphatic rings. The normalized spacial score (nSPS) is 21.0. The molecule has 2 aromatic rings. The Bertz CT molecular complexity index is 1250. The molecule has 1 atom stereocenters. The van der Waals surface area contributed by atoms with Crippen LogP contribution in [0.1, 0.15) is 48.0 Å². The van der Waals surface area contributed by atoms with E-state index in [-0.39, 0.29) is 47.1 Å². The first-order valence-electron chi connectivity index (χ1n) is 12.5. The van der Waals surface area contributed by atoms with E-state index in [1.54, 1.807) is 0 Å². The molecule has 1 aromatic carbocycles. The number of hydrogen-bond donors (Lipinski definition) is 0. The van der Waals surface area contributed by atoms with E-state index in [4.69, 9.17) is 4.74 Å². The molecule has 37 heavy (non-hydrogen) atoms. The third-order valence-electron chi connectivity index (χ3n) is 7.21. The second kappa shape index (κ2) is 10.1. The van der Waals surface area contributed by atoms with Gasteiger partial charge in [-0.05, 0) is 75.5 Å². The number of piperidine rings is 1. The summed E-state index contributed by atoms with van der Waals surface area (Å²) >= 11 is 0. The second-order valence-electron chi connectivity index (χ2n) is 9.65. The van der Waals surface area contributed by atoms with Crippen LogP contribution in [0.4, 0.5) is 18.9 Å². The highest BCUT2D eigenvalue weighted by Gasteiger charge is 2.35. The Kier molecular flexibility index (Phi) is 7.06.